The molecule has 104 valence electrons. The van der Waals surface area contributed by atoms with Crippen LogP contribution in [0.15, 0.2) is 30.3 Å². The van der Waals surface area contributed by atoms with Crippen molar-refractivity contribution in [3.63, 3.8) is 0 Å². The highest BCUT2D eigenvalue weighted by molar-refractivity contribution is 5.83. The first kappa shape index (κ1) is 14.0. The van der Waals surface area contributed by atoms with Crippen LogP contribution in [0.4, 0.5) is 0 Å². The summed E-state index contributed by atoms with van der Waals surface area (Å²) >= 11 is 0. The number of amides is 1. The first-order valence-electron chi connectivity index (χ1n) is 6.42. The third-order valence-corrected chi connectivity index (χ3v) is 3.23. The predicted octanol–water partition coefficient (Wildman–Crippen LogP) is 0.560. The lowest BCUT2D eigenvalue weighted by Crippen LogP contribution is -2.49. The lowest BCUT2D eigenvalue weighted by Gasteiger charge is -2.34. The van der Waals surface area contributed by atoms with E-state index in [-0.39, 0.29) is 12.0 Å². The third-order valence-electron chi connectivity index (χ3n) is 3.23. The van der Waals surface area contributed by atoms with Crippen molar-refractivity contribution >= 4 is 5.91 Å². The molecule has 0 saturated carbocycles. The fourth-order valence-corrected chi connectivity index (χ4v) is 2.21. The van der Waals surface area contributed by atoms with Gasteiger partial charge in [0.25, 0.3) is 0 Å². The number of rotatable bonds is 4. The molecule has 1 heterocycles. The Kier molecular flexibility index (Phi) is 4.90. The zero-order chi connectivity index (χ0) is 13.7. The molecule has 5 heteroatoms. The van der Waals surface area contributed by atoms with Crippen molar-refractivity contribution in [3.8, 4) is 0 Å². The van der Waals surface area contributed by atoms with Gasteiger partial charge >= 0.3 is 0 Å². The quantitative estimate of drug-likeness (QED) is 0.863. The molecule has 1 aliphatic heterocycles. The van der Waals surface area contributed by atoms with Gasteiger partial charge in [-0.3, -0.25) is 4.79 Å². The van der Waals surface area contributed by atoms with Crippen LogP contribution in [0, 0.1) is 0 Å². The minimum atomic E-state index is -0.609. The zero-order valence-electron chi connectivity index (χ0n) is 11.1. The molecule has 0 aromatic heterocycles. The van der Waals surface area contributed by atoms with Crippen LogP contribution in [-0.2, 0) is 14.3 Å². The minimum Gasteiger partial charge on any atom is -0.382 e. The van der Waals surface area contributed by atoms with E-state index in [1.165, 1.54) is 0 Å². The molecule has 1 aromatic rings. The van der Waals surface area contributed by atoms with Gasteiger partial charge in [-0.15, -0.1) is 0 Å². The Bertz CT molecular complexity index is 408. The monoisotopic (exact) mass is 264 g/mol. The van der Waals surface area contributed by atoms with Gasteiger partial charge < -0.3 is 20.1 Å². The van der Waals surface area contributed by atoms with Crippen molar-refractivity contribution in [2.24, 2.45) is 5.73 Å². The van der Waals surface area contributed by atoms with Crippen molar-refractivity contribution in [1.29, 1.82) is 0 Å². The fourth-order valence-electron chi connectivity index (χ4n) is 2.21. The number of morpholine rings is 1. The predicted molar refractivity (Wildman–Crippen MR) is 71.6 cm³/mol. The highest BCUT2D eigenvalue weighted by atomic mass is 16.5. The topological polar surface area (TPSA) is 64.8 Å². The van der Waals surface area contributed by atoms with Crippen molar-refractivity contribution in [3.05, 3.63) is 35.9 Å². The van der Waals surface area contributed by atoms with E-state index in [4.69, 9.17) is 15.2 Å². The molecule has 1 aliphatic rings. The van der Waals surface area contributed by atoms with E-state index in [0.717, 1.165) is 5.56 Å². The molecule has 2 atom stereocenters. The van der Waals surface area contributed by atoms with E-state index in [1.54, 1.807) is 12.0 Å². The first-order valence-corrected chi connectivity index (χ1v) is 6.42. The Morgan fingerprint density at radius 3 is 2.95 bits per heavy atom. The molecule has 1 saturated heterocycles. The number of nitrogens with two attached hydrogens (primary N) is 1. The summed E-state index contributed by atoms with van der Waals surface area (Å²) in [6.45, 7) is 2.14. The summed E-state index contributed by atoms with van der Waals surface area (Å²) < 4.78 is 10.6. The maximum Gasteiger partial charge on any atom is 0.244 e. The van der Waals surface area contributed by atoms with Crippen LogP contribution in [0.2, 0.25) is 0 Å². The molecule has 0 spiro atoms. The van der Waals surface area contributed by atoms with Crippen LogP contribution >= 0.6 is 0 Å². The molecule has 1 aromatic carbocycles. The Balaban J connectivity index is 1.99. The Hall–Kier alpha value is -1.43. The molecule has 0 bridgehead atoms. The number of ether oxygens (including phenoxy) is 2. The van der Waals surface area contributed by atoms with E-state index in [9.17, 15) is 4.79 Å². The molecule has 2 N–H and O–H groups in total. The summed E-state index contributed by atoms with van der Waals surface area (Å²) in [7, 11) is 1.62. The van der Waals surface area contributed by atoms with Crippen molar-refractivity contribution in [2.45, 2.75) is 12.1 Å². The fraction of sp³-hybridized carbons (Fsp3) is 0.500. The molecule has 2 rings (SSSR count). The van der Waals surface area contributed by atoms with Gasteiger partial charge in [-0.05, 0) is 5.56 Å². The van der Waals surface area contributed by atoms with Gasteiger partial charge in [0.15, 0.2) is 0 Å². The van der Waals surface area contributed by atoms with Crippen LogP contribution in [0.5, 0.6) is 0 Å². The van der Waals surface area contributed by atoms with Gasteiger partial charge in [-0.2, -0.15) is 0 Å². The Labute approximate surface area is 113 Å². The molecular formula is C14H20N2O3. The summed E-state index contributed by atoms with van der Waals surface area (Å²) in [5.41, 5.74) is 6.86. The van der Waals surface area contributed by atoms with Crippen molar-refractivity contribution in [1.82, 2.24) is 4.90 Å². The normalized spacial score (nSPS) is 21.2. The Morgan fingerprint density at radius 2 is 2.26 bits per heavy atom. The second-order valence-corrected chi connectivity index (χ2v) is 4.62. The van der Waals surface area contributed by atoms with Gasteiger partial charge in [-0.25, -0.2) is 0 Å². The van der Waals surface area contributed by atoms with E-state index in [2.05, 4.69) is 0 Å². The number of hydrogen-bond acceptors (Lipinski definition) is 4. The summed E-state index contributed by atoms with van der Waals surface area (Å²) in [4.78, 5) is 14.1. The van der Waals surface area contributed by atoms with Crippen LogP contribution in [-0.4, -0.2) is 50.3 Å². The molecular weight excluding hydrogens is 244 g/mol. The smallest absolute Gasteiger partial charge is 0.244 e. The van der Waals surface area contributed by atoms with Gasteiger partial charge in [0.05, 0.1) is 19.3 Å². The average molecular weight is 264 g/mol. The summed E-state index contributed by atoms with van der Waals surface area (Å²) in [6, 6.07) is 8.81. The van der Waals surface area contributed by atoms with Crippen LogP contribution in [0.25, 0.3) is 0 Å². The van der Waals surface area contributed by atoms with Crippen molar-refractivity contribution < 1.29 is 14.3 Å². The number of carbonyl (C=O) groups excluding carboxylic acids is 1. The number of benzene rings is 1. The van der Waals surface area contributed by atoms with Gasteiger partial charge in [0.1, 0.15) is 6.04 Å². The zero-order valence-corrected chi connectivity index (χ0v) is 11.1. The molecule has 0 aliphatic carbocycles. The molecule has 1 amide bonds. The van der Waals surface area contributed by atoms with E-state index in [0.29, 0.717) is 26.3 Å². The summed E-state index contributed by atoms with van der Waals surface area (Å²) in [6.07, 6.45) is -0.0642. The highest BCUT2D eigenvalue weighted by Gasteiger charge is 2.28. The van der Waals surface area contributed by atoms with Gasteiger partial charge in [0, 0.05) is 20.2 Å². The number of carbonyl (C=O) groups is 1. The van der Waals surface area contributed by atoms with Crippen LogP contribution in [0.3, 0.4) is 0 Å². The molecule has 19 heavy (non-hydrogen) atoms. The van der Waals surface area contributed by atoms with E-state index in [1.807, 2.05) is 30.3 Å². The second kappa shape index (κ2) is 6.65. The van der Waals surface area contributed by atoms with E-state index >= 15 is 0 Å². The number of nitrogens with zero attached hydrogens (tertiary/aromatic N) is 1. The SMILES string of the molecule is COC[C@H]1CN(C(=O)[C@H](N)c2ccccc2)CCO1. The lowest BCUT2D eigenvalue weighted by molar-refractivity contribution is -0.142. The molecule has 5 nitrogen and oxygen atoms in total. The minimum absolute atomic E-state index is 0.0596. The molecule has 0 unspecified atom stereocenters. The van der Waals surface area contributed by atoms with Crippen LogP contribution < -0.4 is 5.73 Å². The third kappa shape index (κ3) is 3.53. The Morgan fingerprint density at radius 1 is 1.53 bits per heavy atom. The van der Waals surface area contributed by atoms with Gasteiger partial charge in [-0.1, -0.05) is 30.3 Å². The highest BCUT2D eigenvalue weighted by Crippen LogP contribution is 2.15. The number of hydrogen-bond donors (Lipinski definition) is 1. The maximum atomic E-state index is 12.4. The van der Waals surface area contributed by atoms with Crippen LogP contribution in [0.1, 0.15) is 11.6 Å². The standard InChI is InChI=1S/C14H20N2O3/c1-18-10-12-9-16(7-8-19-12)14(17)13(15)11-5-3-2-4-6-11/h2-6,12-13H,7-10,15H2,1H3/t12-,13-/m1/s1. The summed E-state index contributed by atoms with van der Waals surface area (Å²) in [5, 5.41) is 0. The average Bonchev–Trinajstić information content (AvgIpc) is 2.47. The second-order valence-electron chi connectivity index (χ2n) is 4.62. The molecule has 0 radical (unpaired) electrons. The van der Waals surface area contributed by atoms with E-state index < -0.39 is 6.04 Å². The molecule has 1 fully saturated rings. The maximum absolute atomic E-state index is 12.4. The van der Waals surface area contributed by atoms with Gasteiger partial charge in [0.2, 0.25) is 5.91 Å². The largest absolute Gasteiger partial charge is 0.382 e. The van der Waals surface area contributed by atoms with Crippen molar-refractivity contribution in [2.75, 3.05) is 33.4 Å². The number of methoxy groups -OCH3 is 1. The summed E-state index contributed by atoms with van der Waals surface area (Å²) in [5.74, 6) is -0.0596. The lowest BCUT2D eigenvalue weighted by atomic mass is 10.1. The first-order chi connectivity index (χ1) is 9.22.